The Morgan fingerprint density at radius 3 is 2.59 bits per heavy atom. The molecule has 0 aliphatic heterocycles. The average Bonchev–Trinajstić information content (AvgIpc) is 3.23. The van der Waals surface area contributed by atoms with Gasteiger partial charge in [0, 0.05) is 24.3 Å². The summed E-state index contributed by atoms with van der Waals surface area (Å²) in [5.74, 6) is 0.870. The second kappa shape index (κ2) is 10.1. The lowest BCUT2D eigenvalue weighted by Gasteiger charge is -2.11. The van der Waals surface area contributed by atoms with Crippen molar-refractivity contribution in [1.29, 1.82) is 0 Å². The molecule has 6 nitrogen and oxygen atoms in total. The van der Waals surface area contributed by atoms with E-state index in [0.717, 1.165) is 24.8 Å². The minimum absolute atomic E-state index is 0.00749. The Hall–Kier alpha value is -3.00. The van der Waals surface area contributed by atoms with Crippen molar-refractivity contribution >= 4 is 34.2 Å². The summed E-state index contributed by atoms with van der Waals surface area (Å²) in [6, 6.07) is 13.1. The monoisotopic (exact) mass is 452 g/mol. The van der Waals surface area contributed by atoms with Crippen LogP contribution in [-0.2, 0) is 6.54 Å². The van der Waals surface area contributed by atoms with E-state index in [1.54, 1.807) is 4.57 Å². The Morgan fingerprint density at radius 2 is 1.81 bits per heavy atom. The highest BCUT2D eigenvalue weighted by atomic mass is 32.2. The van der Waals surface area contributed by atoms with E-state index >= 15 is 0 Å². The number of aryl methyl sites for hydroxylation is 1. The van der Waals surface area contributed by atoms with Gasteiger partial charge in [-0.3, -0.25) is 18.6 Å². The minimum atomic E-state index is -0.351. The van der Waals surface area contributed by atoms with Crippen molar-refractivity contribution in [2.45, 2.75) is 50.7 Å². The number of carbonyl (C=O) groups excluding carboxylic acids is 1. The number of halogens is 1. The lowest BCUT2D eigenvalue weighted by molar-refractivity contribution is 0.0982. The molecule has 0 aliphatic rings. The maximum atomic E-state index is 13.1. The van der Waals surface area contributed by atoms with Gasteiger partial charge in [0.2, 0.25) is 5.78 Å². The van der Waals surface area contributed by atoms with E-state index in [4.69, 9.17) is 0 Å². The summed E-state index contributed by atoms with van der Waals surface area (Å²) in [5, 5.41) is 10.0. The maximum absolute atomic E-state index is 13.1. The van der Waals surface area contributed by atoms with Crippen LogP contribution in [-0.4, -0.2) is 30.7 Å². The van der Waals surface area contributed by atoms with Gasteiger partial charge in [-0.2, -0.15) is 0 Å². The van der Waals surface area contributed by atoms with Gasteiger partial charge >= 0.3 is 0 Å². The zero-order chi connectivity index (χ0) is 22.5. The smallest absolute Gasteiger partial charge is 0.262 e. The van der Waals surface area contributed by atoms with Gasteiger partial charge in [-0.05, 0) is 49.2 Å². The number of Topliss-reactive ketones (excluding diaryl/α,β-unsaturated/α-hetero) is 1. The van der Waals surface area contributed by atoms with E-state index in [2.05, 4.69) is 17.1 Å². The molecule has 0 saturated carbocycles. The number of hydrogen-bond donors (Lipinski definition) is 0. The molecule has 166 valence electrons. The van der Waals surface area contributed by atoms with Gasteiger partial charge in [-0.25, -0.2) is 4.39 Å². The Labute approximate surface area is 189 Å². The number of rotatable bonds is 10. The van der Waals surface area contributed by atoms with Gasteiger partial charge in [-0.1, -0.05) is 43.7 Å². The van der Waals surface area contributed by atoms with Crippen molar-refractivity contribution in [3.8, 4) is 0 Å². The third-order valence-corrected chi connectivity index (χ3v) is 6.42. The highest BCUT2D eigenvalue weighted by Gasteiger charge is 2.16. The molecule has 4 rings (SSSR count). The van der Waals surface area contributed by atoms with Gasteiger partial charge in [0.1, 0.15) is 5.82 Å². The average molecular weight is 453 g/mol. The van der Waals surface area contributed by atoms with Crippen LogP contribution in [0.15, 0.2) is 58.5 Å². The normalized spacial score (nSPS) is 11.4. The van der Waals surface area contributed by atoms with E-state index in [-0.39, 0.29) is 17.2 Å². The molecule has 32 heavy (non-hydrogen) atoms. The van der Waals surface area contributed by atoms with Crippen LogP contribution < -0.4 is 5.56 Å². The molecule has 0 amide bonds. The van der Waals surface area contributed by atoms with Gasteiger partial charge < -0.3 is 0 Å². The molecule has 0 unspecified atom stereocenters. The molecule has 2 aromatic carbocycles. The molecule has 4 aromatic rings. The highest BCUT2D eigenvalue weighted by Crippen LogP contribution is 2.23. The second-order valence-corrected chi connectivity index (χ2v) is 8.74. The first kappa shape index (κ1) is 22.2. The summed E-state index contributed by atoms with van der Waals surface area (Å²) < 4.78 is 16.7. The summed E-state index contributed by atoms with van der Waals surface area (Å²) in [4.78, 5) is 25.4. The summed E-state index contributed by atoms with van der Waals surface area (Å²) in [7, 11) is 0. The van der Waals surface area contributed by atoms with Crippen LogP contribution in [0.25, 0.3) is 16.7 Å². The number of hydrogen-bond acceptors (Lipinski definition) is 5. The predicted molar refractivity (Wildman–Crippen MR) is 125 cm³/mol. The number of benzene rings is 2. The fourth-order valence-electron chi connectivity index (χ4n) is 3.72. The Bertz CT molecular complexity index is 1300. The molecule has 2 aromatic heterocycles. The fourth-order valence-corrected chi connectivity index (χ4v) is 4.60. The summed E-state index contributed by atoms with van der Waals surface area (Å²) in [6.07, 6.45) is 4.05. The molecular formula is C24H25FN4O2S. The first-order valence-electron chi connectivity index (χ1n) is 10.9. The lowest BCUT2D eigenvalue weighted by Crippen LogP contribution is -2.23. The van der Waals surface area contributed by atoms with Crippen molar-refractivity contribution < 1.29 is 9.18 Å². The van der Waals surface area contributed by atoms with E-state index in [9.17, 15) is 14.0 Å². The quantitative estimate of drug-likeness (QED) is 0.190. The molecule has 0 saturated heterocycles. The number of nitrogens with zero attached hydrogens (tertiary/aromatic N) is 4. The van der Waals surface area contributed by atoms with Gasteiger partial charge in [-0.15, -0.1) is 10.2 Å². The third-order valence-electron chi connectivity index (χ3n) is 5.41. The van der Waals surface area contributed by atoms with Gasteiger partial charge in [0.15, 0.2) is 10.9 Å². The SMILES string of the molecule is CCCCCn1c(=O)c2ccccc2n2c(SCCCC(=O)c3ccc(F)cc3)nnc12. The maximum Gasteiger partial charge on any atom is 0.262 e. The van der Waals surface area contributed by atoms with Crippen LogP contribution in [0.3, 0.4) is 0 Å². The first-order chi connectivity index (χ1) is 15.6. The van der Waals surface area contributed by atoms with E-state index < -0.39 is 0 Å². The molecule has 8 heteroatoms. The summed E-state index contributed by atoms with van der Waals surface area (Å²) >= 11 is 1.52. The Balaban J connectivity index is 1.53. The zero-order valence-corrected chi connectivity index (χ0v) is 18.8. The van der Waals surface area contributed by atoms with Crippen LogP contribution in [0.5, 0.6) is 0 Å². The van der Waals surface area contributed by atoms with E-state index in [1.807, 2.05) is 28.7 Å². The van der Waals surface area contributed by atoms with E-state index in [1.165, 1.54) is 36.0 Å². The van der Waals surface area contributed by atoms with E-state index in [0.29, 0.717) is 47.0 Å². The fraction of sp³-hybridized carbons (Fsp3) is 0.333. The van der Waals surface area contributed by atoms with Crippen molar-refractivity contribution in [3.63, 3.8) is 0 Å². The molecular weight excluding hydrogens is 427 g/mol. The largest absolute Gasteiger partial charge is 0.294 e. The molecule has 2 heterocycles. The topological polar surface area (TPSA) is 69.3 Å². The van der Waals surface area contributed by atoms with Crippen molar-refractivity contribution in [3.05, 3.63) is 70.3 Å². The van der Waals surface area contributed by atoms with Crippen LogP contribution >= 0.6 is 11.8 Å². The molecule has 0 atom stereocenters. The standard InChI is InChI=1S/C24H25FN4O2S/c1-2-3-6-15-28-22(31)19-8-4-5-9-20(19)29-23(28)26-27-24(29)32-16-7-10-21(30)17-11-13-18(25)14-12-17/h4-5,8-9,11-14H,2-3,6-7,10,15-16H2,1H3. The highest BCUT2D eigenvalue weighted by molar-refractivity contribution is 7.99. The Morgan fingerprint density at radius 1 is 1.03 bits per heavy atom. The third kappa shape index (κ3) is 4.60. The summed E-state index contributed by atoms with van der Waals surface area (Å²) in [6.45, 7) is 2.74. The first-order valence-corrected chi connectivity index (χ1v) is 11.9. The molecule has 0 fully saturated rings. The molecule has 0 N–H and O–H groups in total. The van der Waals surface area contributed by atoms with Gasteiger partial charge in [0.25, 0.3) is 5.56 Å². The van der Waals surface area contributed by atoms with Crippen molar-refractivity contribution in [1.82, 2.24) is 19.2 Å². The van der Waals surface area contributed by atoms with Gasteiger partial charge in [0.05, 0.1) is 10.9 Å². The number of unbranched alkanes of at least 4 members (excludes halogenated alkanes) is 2. The lowest BCUT2D eigenvalue weighted by atomic mass is 10.1. The number of carbonyl (C=O) groups is 1. The predicted octanol–water partition coefficient (Wildman–Crippen LogP) is 5.13. The van der Waals surface area contributed by atoms with Crippen molar-refractivity contribution in [2.75, 3.05) is 5.75 Å². The molecule has 0 aliphatic carbocycles. The number of aromatic nitrogens is 4. The zero-order valence-electron chi connectivity index (χ0n) is 18.0. The van der Waals surface area contributed by atoms with Crippen molar-refractivity contribution in [2.24, 2.45) is 0 Å². The number of ketones is 1. The molecule has 0 radical (unpaired) electrons. The second-order valence-electron chi connectivity index (χ2n) is 7.68. The molecule has 0 spiro atoms. The Kier molecular flexibility index (Phi) is 6.99. The summed E-state index contributed by atoms with van der Waals surface area (Å²) in [5.41, 5.74) is 1.26. The van der Waals surface area contributed by atoms with Crippen LogP contribution in [0.2, 0.25) is 0 Å². The van der Waals surface area contributed by atoms with Crippen LogP contribution in [0.1, 0.15) is 49.4 Å². The number of fused-ring (bicyclic) bond motifs is 3. The number of thioether (sulfide) groups is 1. The molecule has 0 bridgehead atoms. The van der Waals surface area contributed by atoms with Crippen LogP contribution in [0.4, 0.5) is 4.39 Å². The minimum Gasteiger partial charge on any atom is -0.294 e. The van der Waals surface area contributed by atoms with Crippen LogP contribution in [0, 0.1) is 5.82 Å². The number of para-hydroxylation sites is 1.